The van der Waals surface area contributed by atoms with Crippen molar-refractivity contribution < 1.29 is 4.79 Å². The molecule has 4 heteroatoms. The first kappa shape index (κ1) is 13.0. The fourth-order valence-electron chi connectivity index (χ4n) is 2.28. The van der Waals surface area contributed by atoms with E-state index < -0.39 is 0 Å². The van der Waals surface area contributed by atoms with E-state index in [-0.39, 0.29) is 16.1 Å². The van der Waals surface area contributed by atoms with Crippen molar-refractivity contribution in [2.75, 3.05) is 33.7 Å². The lowest BCUT2D eigenvalue weighted by molar-refractivity contribution is -0.128. The topological polar surface area (TPSA) is 23.6 Å². The Bertz CT molecular complexity index is 241. The first-order valence-electron chi connectivity index (χ1n) is 5.39. The number of likely N-dealkylation sites (tertiary alicyclic amines) is 1. The van der Waals surface area contributed by atoms with Gasteiger partial charge in [0.25, 0.3) is 0 Å². The van der Waals surface area contributed by atoms with Gasteiger partial charge < -0.3 is 9.80 Å². The van der Waals surface area contributed by atoms with Crippen molar-refractivity contribution in [1.29, 1.82) is 0 Å². The average molecular weight is 277 g/mol. The summed E-state index contributed by atoms with van der Waals surface area (Å²) >= 11 is 3.40. The van der Waals surface area contributed by atoms with Crippen LogP contribution >= 0.6 is 15.9 Å². The zero-order valence-corrected chi connectivity index (χ0v) is 11.7. The first-order valence-corrected chi connectivity index (χ1v) is 6.31. The van der Waals surface area contributed by atoms with Gasteiger partial charge in [-0.05, 0) is 25.9 Å². The van der Waals surface area contributed by atoms with Gasteiger partial charge in [-0.1, -0.05) is 29.8 Å². The molecule has 1 heterocycles. The summed E-state index contributed by atoms with van der Waals surface area (Å²) in [6.45, 7) is 7.17. The highest BCUT2D eigenvalue weighted by Gasteiger charge is 2.33. The van der Waals surface area contributed by atoms with E-state index >= 15 is 0 Å². The molecule has 0 aromatic carbocycles. The molecule has 0 saturated carbocycles. The quantitative estimate of drug-likeness (QED) is 0.728. The normalized spacial score (nSPS) is 22.9. The Hall–Kier alpha value is -0.0900. The molecule has 1 fully saturated rings. The number of hydrogen-bond acceptors (Lipinski definition) is 2. The van der Waals surface area contributed by atoms with Gasteiger partial charge in [0.05, 0.1) is 4.83 Å². The van der Waals surface area contributed by atoms with Crippen LogP contribution < -0.4 is 0 Å². The highest BCUT2D eigenvalue weighted by atomic mass is 79.9. The number of carbonyl (C=O) groups is 1. The van der Waals surface area contributed by atoms with Gasteiger partial charge in [0.1, 0.15) is 0 Å². The molecule has 3 nitrogen and oxygen atoms in total. The van der Waals surface area contributed by atoms with E-state index in [0.29, 0.717) is 0 Å². The van der Waals surface area contributed by atoms with Gasteiger partial charge in [-0.3, -0.25) is 4.79 Å². The van der Waals surface area contributed by atoms with Crippen molar-refractivity contribution in [2.24, 2.45) is 5.41 Å². The minimum Gasteiger partial charge on any atom is -0.341 e. The monoisotopic (exact) mass is 276 g/mol. The molecular weight excluding hydrogens is 256 g/mol. The van der Waals surface area contributed by atoms with Gasteiger partial charge in [0.2, 0.25) is 5.91 Å². The van der Waals surface area contributed by atoms with Gasteiger partial charge in [-0.2, -0.15) is 0 Å². The van der Waals surface area contributed by atoms with Crippen LogP contribution in [0.1, 0.15) is 20.3 Å². The lowest BCUT2D eigenvalue weighted by Crippen LogP contribution is -2.41. The van der Waals surface area contributed by atoms with Gasteiger partial charge in [-0.15, -0.1) is 0 Å². The third-order valence-electron chi connectivity index (χ3n) is 2.60. The molecule has 1 unspecified atom stereocenters. The van der Waals surface area contributed by atoms with Crippen LogP contribution in [0.3, 0.4) is 0 Å². The molecule has 0 bridgehead atoms. The molecule has 0 aromatic heterocycles. The molecule has 1 aliphatic rings. The summed E-state index contributed by atoms with van der Waals surface area (Å²) in [6, 6.07) is 0. The number of alkyl halides is 1. The predicted molar refractivity (Wildman–Crippen MR) is 66.2 cm³/mol. The van der Waals surface area contributed by atoms with Crippen LogP contribution in [0.15, 0.2) is 0 Å². The third-order valence-corrected chi connectivity index (χ3v) is 3.44. The molecule has 1 aliphatic heterocycles. The predicted octanol–water partition coefficient (Wildman–Crippen LogP) is 1.57. The zero-order valence-electron chi connectivity index (χ0n) is 10.1. The Labute approximate surface area is 101 Å². The van der Waals surface area contributed by atoms with E-state index in [0.717, 1.165) is 26.1 Å². The Balaban J connectivity index is 2.50. The Kier molecular flexibility index (Phi) is 4.18. The molecule has 0 N–H and O–H groups in total. The Morgan fingerprint density at radius 1 is 1.53 bits per heavy atom. The highest BCUT2D eigenvalue weighted by molar-refractivity contribution is 9.10. The number of rotatable bonds is 4. The van der Waals surface area contributed by atoms with Crippen LogP contribution in [-0.2, 0) is 4.79 Å². The van der Waals surface area contributed by atoms with Crippen molar-refractivity contribution in [1.82, 2.24) is 9.80 Å². The van der Waals surface area contributed by atoms with Crippen molar-refractivity contribution in [3.63, 3.8) is 0 Å². The molecule has 0 spiro atoms. The smallest absolute Gasteiger partial charge is 0.236 e. The van der Waals surface area contributed by atoms with E-state index in [2.05, 4.69) is 48.8 Å². The minimum atomic E-state index is 0.0488. The lowest BCUT2D eigenvalue weighted by Gasteiger charge is -2.32. The fourth-order valence-corrected chi connectivity index (χ4v) is 2.77. The SMILES string of the molecule is CN(C)CC(C)(C)CN1CCC(Br)C1=O. The molecule has 15 heavy (non-hydrogen) atoms. The van der Waals surface area contributed by atoms with Gasteiger partial charge in [0, 0.05) is 19.6 Å². The zero-order chi connectivity index (χ0) is 11.6. The van der Waals surface area contributed by atoms with Crippen LogP contribution in [-0.4, -0.2) is 54.3 Å². The summed E-state index contributed by atoms with van der Waals surface area (Å²) in [5.74, 6) is 0.252. The molecule has 0 aliphatic carbocycles. The number of hydrogen-bond donors (Lipinski definition) is 0. The van der Waals surface area contributed by atoms with Crippen molar-refractivity contribution in [2.45, 2.75) is 25.1 Å². The number of nitrogens with zero attached hydrogens (tertiary/aromatic N) is 2. The van der Waals surface area contributed by atoms with Crippen LogP contribution in [0.5, 0.6) is 0 Å². The van der Waals surface area contributed by atoms with Gasteiger partial charge in [0.15, 0.2) is 0 Å². The second kappa shape index (κ2) is 4.83. The second-order valence-corrected chi connectivity index (χ2v) is 6.52. The van der Waals surface area contributed by atoms with Crippen LogP contribution in [0.2, 0.25) is 0 Å². The summed E-state index contributed by atoms with van der Waals surface area (Å²) < 4.78 is 0. The summed E-state index contributed by atoms with van der Waals surface area (Å²) in [7, 11) is 4.14. The maximum atomic E-state index is 11.7. The molecule has 0 aromatic rings. The average Bonchev–Trinajstić information content (AvgIpc) is 2.33. The maximum Gasteiger partial charge on any atom is 0.236 e. The van der Waals surface area contributed by atoms with Crippen LogP contribution in [0.25, 0.3) is 0 Å². The molecule has 1 amide bonds. The standard InChI is InChI=1S/C11H21BrN2O/c1-11(2,7-13(3)4)8-14-6-5-9(12)10(14)15/h9H,5-8H2,1-4H3. The summed E-state index contributed by atoms with van der Waals surface area (Å²) in [5.41, 5.74) is 0.163. The fraction of sp³-hybridized carbons (Fsp3) is 0.909. The molecule has 1 saturated heterocycles. The minimum absolute atomic E-state index is 0.0488. The molecule has 1 atom stereocenters. The van der Waals surface area contributed by atoms with Gasteiger partial charge >= 0.3 is 0 Å². The Morgan fingerprint density at radius 2 is 2.13 bits per heavy atom. The van der Waals surface area contributed by atoms with E-state index in [1.807, 2.05) is 4.90 Å². The number of carbonyl (C=O) groups excluding carboxylic acids is 1. The van der Waals surface area contributed by atoms with Gasteiger partial charge in [-0.25, -0.2) is 0 Å². The third kappa shape index (κ3) is 3.76. The highest BCUT2D eigenvalue weighted by Crippen LogP contribution is 2.24. The summed E-state index contributed by atoms with van der Waals surface area (Å²) in [6.07, 6.45) is 0.941. The maximum absolute atomic E-state index is 11.7. The van der Waals surface area contributed by atoms with Crippen molar-refractivity contribution >= 4 is 21.8 Å². The molecule has 88 valence electrons. The summed E-state index contributed by atoms with van der Waals surface area (Å²) in [4.78, 5) is 15.9. The van der Waals surface area contributed by atoms with Crippen LogP contribution in [0.4, 0.5) is 0 Å². The number of halogens is 1. The van der Waals surface area contributed by atoms with Crippen molar-refractivity contribution in [3.05, 3.63) is 0 Å². The summed E-state index contributed by atoms with van der Waals surface area (Å²) in [5, 5.41) is 0. The number of amides is 1. The van der Waals surface area contributed by atoms with E-state index in [1.54, 1.807) is 0 Å². The molecular formula is C11H21BrN2O. The van der Waals surface area contributed by atoms with E-state index in [9.17, 15) is 4.79 Å². The van der Waals surface area contributed by atoms with E-state index in [4.69, 9.17) is 0 Å². The lowest BCUT2D eigenvalue weighted by atomic mass is 9.92. The second-order valence-electron chi connectivity index (χ2n) is 5.42. The molecule has 0 radical (unpaired) electrons. The molecule has 1 rings (SSSR count). The Morgan fingerprint density at radius 3 is 2.53 bits per heavy atom. The largest absolute Gasteiger partial charge is 0.341 e. The van der Waals surface area contributed by atoms with Crippen molar-refractivity contribution in [3.8, 4) is 0 Å². The first-order chi connectivity index (χ1) is 6.82. The van der Waals surface area contributed by atoms with Crippen LogP contribution in [0, 0.1) is 5.41 Å². The van der Waals surface area contributed by atoms with E-state index in [1.165, 1.54) is 0 Å².